The zero-order chi connectivity index (χ0) is 14.8. The van der Waals surface area contributed by atoms with Crippen molar-refractivity contribution in [1.29, 1.82) is 0 Å². The van der Waals surface area contributed by atoms with Crippen LogP contribution in [0.3, 0.4) is 0 Å². The van der Waals surface area contributed by atoms with Crippen molar-refractivity contribution in [2.24, 2.45) is 0 Å². The van der Waals surface area contributed by atoms with E-state index in [2.05, 4.69) is 23.3 Å². The number of thiophene rings is 1. The van der Waals surface area contributed by atoms with Gasteiger partial charge < -0.3 is 15.0 Å². The van der Waals surface area contributed by atoms with Gasteiger partial charge in [0.05, 0.1) is 18.3 Å². The van der Waals surface area contributed by atoms with Crippen LogP contribution in [0.15, 0.2) is 35.0 Å². The molecule has 106 valence electrons. The molecule has 3 aromatic rings. The highest BCUT2D eigenvalue weighted by atomic mass is 32.1. The van der Waals surface area contributed by atoms with Gasteiger partial charge in [0.1, 0.15) is 11.4 Å². The zero-order valence-corrected chi connectivity index (χ0v) is 12.8. The van der Waals surface area contributed by atoms with Crippen LogP contribution in [0.1, 0.15) is 18.2 Å². The molecule has 0 aliphatic rings. The number of benzene rings is 1. The van der Waals surface area contributed by atoms with Crippen molar-refractivity contribution < 1.29 is 4.74 Å². The third-order valence-corrected chi connectivity index (χ3v) is 4.16. The lowest BCUT2D eigenvalue weighted by Gasteiger charge is -2.04. The standard InChI is InChI=1S/C17H16N2OS/c1-3-19-15(7-4-12-8-9-21-11-12)17(18)14-6-5-13(20-2)10-16(14)19/h5-6,8-11H,3,18H2,1-2H3. The number of aryl methyl sites for hydroxylation is 1. The Kier molecular flexibility index (Phi) is 3.59. The average Bonchev–Trinajstić information content (AvgIpc) is 3.11. The Balaban J connectivity index is 2.20. The highest BCUT2D eigenvalue weighted by molar-refractivity contribution is 7.08. The first-order valence-corrected chi connectivity index (χ1v) is 7.68. The van der Waals surface area contributed by atoms with Crippen molar-refractivity contribution in [1.82, 2.24) is 4.57 Å². The van der Waals surface area contributed by atoms with Gasteiger partial charge in [-0.1, -0.05) is 5.92 Å². The third kappa shape index (κ3) is 2.37. The Morgan fingerprint density at radius 3 is 2.81 bits per heavy atom. The van der Waals surface area contributed by atoms with Gasteiger partial charge in [0, 0.05) is 28.9 Å². The summed E-state index contributed by atoms with van der Waals surface area (Å²) in [6.45, 7) is 2.91. The van der Waals surface area contributed by atoms with Gasteiger partial charge in [-0.3, -0.25) is 0 Å². The van der Waals surface area contributed by atoms with Crippen LogP contribution < -0.4 is 10.5 Å². The number of hydrogen-bond donors (Lipinski definition) is 1. The first-order chi connectivity index (χ1) is 10.2. The molecule has 3 rings (SSSR count). The lowest BCUT2D eigenvalue weighted by molar-refractivity contribution is 0.415. The van der Waals surface area contributed by atoms with Crippen molar-refractivity contribution in [3.05, 3.63) is 46.3 Å². The van der Waals surface area contributed by atoms with Crippen LogP contribution in [0.2, 0.25) is 0 Å². The van der Waals surface area contributed by atoms with Crippen molar-refractivity contribution in [3.8, 4) is 17.6 Å². The van der Waals surface area contributed by atoms with Crippen LogP contribution in [-0.2, 0) is 6.54 Å². The van der Waals surface area contributed by atoms with E-state index < -0.39 is 0 Å². The number of anilines is 1. The summed E-state index contributed by atoms with van der Waals surface area (Å²) in [5.74, 6) is 7.22. The molecule has 1 aromatic carbocycles. The minimum Gasteiger partial charge on any atom is -0.497 e. The summed E-state index contributed by atoms with van der Waals surface area (Å²) in [5.41, 5.74) is 9.96. The number of nitrogen functional groups attached to an aromatic ring is 1. The van der Waals surface area contributed by atoms with E-state index in [1.807, 2.05) is 35.0 Å². The molecular formula is C17H16N2OS. The fourth-order valence-corrected chi connectivity index (χ4v) is 3.00. The molecule has 0 unspecified atom stereocenters. The van der Waals surface area contributed by atoms with E-state index in [0.717, 1.165) is 40.1 Å². The van der Waals surface area contributed by atoms with E-state index in [0.29, 0.717) is 0 Å². The van der Waals surface area contributed by atoms with Crippen molar-refractivity contribution in [2.75, 3.05) is 12.8 Å². The smallest absolute Gasteiger partial charge is 0.120 e. The molecule has 0 atom stereocenters. The molecule has 4 heteroatoms. The molecule has 0 saturated carbocycles. The van der Waals surface area contributed by atoms with E-state index in [1.165, 1.54) is 0 Å². The summed E-state index contributed by atoms with van der Waals surface area (Å²) < 4.78 is 7.43. The van der Waals surface area contributed by atoms with Crippen LogP contribution in [0, 0.1) is 11.8 Å². The monoisotopic (exact) mass is 296 g/mol. The summed E-state index contributed by atoms with van der Waals surface area (Å²) >= 11 is 1.64. The number of fused-ring (bicyclic) bond motifs is 1. The second-order valence-electron chi connectivity index (χ2n) is 4.65. The molecular weight excluding hydrogens is 280 g/mol. The van der Waals surface area contributed by atoms with Crippen LogP contribution in [-0.4, -0.2) is 11.7 Å². The van der Waals surface area contributed by atoms with Crippen LogP contribution in [0.5, 0.6) is 5.75 Å². The maximum atomic E-state index is 6.28. The van der Waals surface area contributed by atoms with Crippen molar-refractivity contribution in [3.63, 3.8) is 0 Å². The second-order valence-corrected chi connectivity index (χ2v) is 5.43. The predicted octanol–water partition coefficient (Wildman–Crippen LogP) is 3.71. The molecule has 0 aliphatic heterocycles. The van der Waals surface area contributed by atoms with Gasteiger partial charge in [-0.25, -0.2) is 0 Å². The number of methoxy groups -OCH3 is 1. The van der Waals surface area contributed by atoms with Gasteiger partial charge in [-0.15, -0.1) is 0 Å². The fraction of sp³-hybridized carbons (Fsp3) is 0.176. The van der Waals surface area contributed by atoms with E-state index in [1.54, 1.807) is 18.4 Å². The van der Waals surface area contributed by atoms with Gasteiger partial charge in [-0.05, 0) is 36.4 Å². The van der Waals surface area contributed by atoms with Crippen LogP contribution in [0.4, 0.5) is 5.69 Å². The summed E-state index contributed by atoms with van der Waals surface area (Å²) in [6.07, 6.45) is 0. The molecule has 0 spiro atoms. The normalized spacial score (nSPS) is 10.4. The summed E-state index contributed by atoms with van der Waals surface area (Å²) in [4.78, 5) is 0. The minimum atomic E-state index is 0.734. The maximum Gasteiger partial charge on any atom is 0.120 e. The van der Waals surface area contributed by atoms with Crippen molar-refractivity contribution >= 4 is 27.9 Å². The molecule has 2 aromatic heterocycles. The van der Waals surface area contributed by atoms with Gasteiger partial charge in [0.25, 0.3) is 0 Å². The van der Waals surface area contributed by atoms with Gasteiger partial charge in [0.15, 0.2) is 0 Å². The number of nitrogens with two attached hydrogens (primary N) is 1. The molecule has 0 aliphatic carbocycles. The SMILES string of the molecule is CCn1c(C#Cc2ccsc2)c(N)c2ccc(OC)cc21. The number of nitrogens with zero attached hydrogens (tertiary/aromatic N) is 1. The number of aromatic nitrogens is 1. The molecule has 0 saturated heterocycles. The minimum absolute atomic E-state index is 0.734. The Bertz CT molecular complexity index is 835. The molecule has 2 N–H and O–H groups in total. The van der Waals surface area contributed by atoms with Gasteiger partial charge >= 0.3 is 0 Å². The maximum absolute atomic E-state index is 6.28. The van der Waals surface area contributed by atoms with Crippen LogP contribution in [0.25, 0.3) is 10.9 Å². The molecule has 21 heavy (non-hydrogen) atoms. The molecule has 0 fully saturated rings. The third-order valence-electron chi connectivity index (χ3n) is 3.47. The molecule has 0 amide bonds. The summed E-state index contributed by atoms with van der Waals surface area (Å²) in [6, 6.07) is 7.93. The molecule has 0 radical (unpaired) electrons. The van der Waals surface area contributed by atoms with E-state index >= 15 is 0 Å². The molecule has 3 nitrogen and oxygen atoms in total. The fourth-order valence-electron chi connectivity index (χ4n) is 2.41. The Morgan fingerprint density at radius 2 is 2.14 bits per heavy atom. The van der Waals surface area contributed by atoms with E-state index in [9.17, 15) is 0 Å². The summed E-state index contributed by atoms with van der Waals surface area (Å²) in [7, 11) is 1.67. The number of rotatable bonds is 2. The zero-order valence-electron chi connectivity index (χ0n) is 12.0. The summed E-state index contributed by atoms with van der Waals surface area (Å²) in [5, 5.41) is 5.07. The van der Waals surface area contributed by atoms with E-state index in [4.69, 9.17) is 10.5 Å². The first kappa shape index (κ1) is 13.6. The largest absolute Gasteiger partial charge is 0.497 e. The topological polar surface area (TPSA) is 40.2 Å². The van der Waals surface area contributed by atoms with Gasteiger partial charge in [0.2, 0.25) is 0 Å². The predicted molar refractivity (Wildman–Crippen MR) is 88.9 cm³/mol. The number of hydrogen-bond acceptors (Lipinski definition) is 3. The lowest BCUT2D eigenvalue weighted by Crippen LogP contribution is -1.99. The lowest BCUT2D eigenvalue weighted by atomic mass is 10.2. The highest BCUT2D eigenvalue weighted by Crippen LogP contribution is 2.31. The molecule has 0 bridgehead atoms. The number of ether oxygens (including phenoxy) is 1. The van der Waals surface area contributed by atoms with Gasteiger partial charge in [-0.2, -0.15) is 11.3 Å². The first-order valence-electron chi connectivity index (χ1n) is 6.74. The van der Waals surface area contributed by atoms with Crippen LogP contribution >= 0.6 is 11.3 Å². The Hall–Kier alpha value is -2.38. The average molecular weight is 296 g/mol. The van der Waals surface area contributed by atoms with Crippen molar-refractivity contribution in [2.45, 2.75) is 13.5 Å². The highest BCUT2D eigenvalue weighted by Gasteiger charge is 2.13. The van der Waals surface area contributed by atoms with E-state index in [-0.39, 0.29) is 0 Å². The second kappa shape index (κ2) is 5.55. The quantitative estimate of drug-likeness (QED) is 0.732. The molecule has 2 heterocycles. The Morgan fingerprint density at radius 1 is 1.29 bits per heavy atom. The Labute approximate surface area is 128 Å².